The number of aliphatic hydroxyl groups is 1. The van der Waals surface area contributed by atoms with Crippen LogP contribution in [-0.4, -0.2) is 54.3 Å². The molecule has 0 spiro atoms. The number of hydrogen-bond donors (Lipinski definition) is 1. The molecule has 0 saturated carbocycles. The Hall–Kier alpha value is -0.930. The van der Waals surface area contributed by atoms with Crippen molar-refractivity contribution in [1.29, 1.82) is 0 Å². The summed E-state index contributed by atoms with van der Waals surface area (Å²) in [5, 5.41) is 21.1. The van der Waals surface area contributed by atoms with E-state index in [0.29, 0.717) is 18.7 Å². The first-order valence-electron chi connectivity index (χ1n) is 6.42. The number of rotatable bonds is 4. The highest BCUT2D eigenvalue weighted by Crippen LogP contribution is 2.34. The maximum Gasteiger partial charge on any atom is 0.293 e. The summed E-state index contributed by atoms with van der Waals surface area (Å²) in [4.78, 5) is 14.9. The van der Waals surface area contributed by atoms with Gasteiger partial charge in [-0.2, -0.15) is 0 Å². The van der Waals surface area contributed by atoms with Crippen LogP contribution < -0.4 is 4.90 Å². The van der Waals surface area contributed by atoms with Crippen LogP contribution in [0.5, 0.6) is 0 Å². The van der Waals surface area contributed by atoms with Crippen molar-refractivity contribution < 1.29 is 10.0 Å². The summed E-state index contributed by atoms with van der Waals surface area (Å²) in [6, 6.07) is 5.31. The van der Waals surface area contributed by atoms with E-state index in [-0.39, 0.29) is 16.7 Å². The van der Waals surface area contributed by atoms with Crippen LogP contribution in [0.3, 0.4) is 0 Å². The van der Waals surface area contributed by atoms with Gasteiger partial charge in [0.05, 0.1) is 11.0 Å². The van der Waals surface area contributed by atoms with Crippen LogP contribution >= 0.6 is 22.6 Å². The van der Waals surface area contributed by atoms with E-state index in [1.165, 1.54) is 0 Å². The number of likely N-dealkylation sites (N-methyl/N-ethyl adjacent to an activating group) is 1. The third-order valence-electron chi connectivity index (χ3n) is 3.41. The second-order valence-corrected chi connectivity index (χ2v) is 6.59. The smallest absolute Gasteiger partial charge is 0.293 e. The van der Waals surface area contributed by atoms with Gasteiger partial charge in [0.2, 0.25) is 0 Å². The van der Waals surface area contributed by atoms with Crippen molar-refractivity contribution in [2.75, 3.05) is 32.1 Å². The van der Waals surface area contributed by atoms with Crippen molar-refractivity contribution in [2.24, 2.45) is 0 Å². The third-order valence-corrected chi connectivity index (χ3v) is 4.08. The maximum atomic E-state index is 11.2. The van der Waals surface area contributed by atoms with E-state index in [2.05, 4.69) is 22.6 Å². The molecule has 6 nitrogen and oxygen atoms in total. The molecule has 2 rings (SSSR count). The summed E-state index contributed by atoms with van der Waals surface area (Å²) >= 11 is 2.07. The number of benzene rings is 1. The Labute approximate surface area is 131 Å². The molecule has 0 aromatic heterocycles. The Kier molecular flexibility index (Phi) is 4.82. The quantitative estimate of drug-likeness (QED) is 0.481. The summed E-state index contributed by atoms with van der Waals surface area (Å²) < 4.78 is 0.835. The number of aliphatic hydroxyl groups excluding tert-OH is 1. The molecule has 20 heavy (non-hydrogen) atoms. The average molecular weight is 391 g/mol. The van der Waals surface area contributed by atoms with Gasteiger partial charge in [-0.1, -0.05) is 0 Å². The van der Waals surface area contributed by atoms with E-state index < -0.39 is 6.10 Å². The minimum atomic E-state index is -0.432. The maximum absolute atomic E-state index is 11.2. The van der Waals surface area contributed by atoms with E-state index in [0.717, 1.165) is 10.1 Å². The van der Waals surface area contributed by atoms with Gasteiger partial charge in [-0.25, -0.2) is 0 Å². The highest BCUT2D eigenvalue weighted by molar-refractivity contribution is 14.1. The van der Waals surface area contributed by atoms with Crippen molar-refractivity contribution in [2.45, 2.75) is 18.6 Å². The second-order valence-electron chi connectivity index (χ2n) is 5.35. The Balaban J connectivity index is 2.36. The highest BCUT2D eigenvalue weighted by atomic mass is 127. The molecular weight excluding hydrogens is 373 g/mol. The Morgan fingerprint density at radius 3 is 2.85 bits per heavy atom. The summed E-state index contributed by atoms with van der Waals surface area (Å²) in [7, 11) is 3.93. The lowest BCUT2D eigenvalue weighted by Gasteiger charge is -2.28. The van der Waals surface area contributed by atoms with Gasteiger partial charge in [-0.15, -0.1) is 0 Å². The molecule has 2 unspecified atom stereocenters. The van der Waals surface area contributed by atoms with Crippen molar-refractivity contribution in [3.63, 3.8) is 0 Å². The van der Waals surface area contributed by atoms with Gasteiger partial charge in [-0.05, 0) is 55.2 Å². The number of nitro benzene ring substituents is 1. The number of anilines is 1. The Bertz CT molecular complexity index is 510. The lowest BCUT2D eigenvalue weighted by molar-refractivity contribution is -0.384. The average Bonchev–Trinajstić information content (AvgIpc) is 2.69. The van der Waals surface area contributed by atoms with Gasteiger partial charge in [0, 0.05) is 28.8 Å². The minimum Gasteiger partial charge on any atom is -0.391 e. The fourth-order valence-electron chi connectivity index (χ4n) is 2.67. The van der Waals surface area contributed by atoms with Gasteiger partial charge < -0.3 is 14.9 Å². The fourth-order valence-corrected chi connectivity index (χ4v) is 3.14. The fraction of sp³-hybridized carbons (Fsp3) is 0.538. The predicted octanol–water partition coefficient (Wildman–Crippen LogP) is 1.70. The van der Waals surface area contributed by atoms with Crippen LogP contribution in [0.2, 0.25) is 0 Å². The minimum absolute atomic E-state index is 0.0961. The first kappa shape index (κ1) is 15.5. The molecule has 7 heteroatoms. The van der Waals surface area contributed by atoms with Crippen molar-refractivity contribution >= 4 is 34.0 Å². The monoisotopic (exact) mass is 391 g/mol. The molecule has 0 aliphatic carbocycles. The number of nitro groups is 1. The number of nitrogens with zero attached hydrogens (tertiary/aromatic N) is 3. The molecular formula is C13H18IN3O3. The first-order chi connectivity index (χ1) is 9.38. The molecule has 1 fully saturated rings. The standard InChI is InChI=1S/C13H18IN3O3/c1-15(2)7-10-6-11(18)8-16(10)12-4-3-9(14)5-13(12)17(19)20/h3-5,10-11,18H,6-8H2,1-2H3. The van der Waals surface area contributed by atoms with Gasteiger partial charge in [0.25, 0.3) is 5.69 Å². The Morgan fingerprint density at radius 1 is 1.55 bits per heavy atom. The molecule has 1 N–H and O–H groups in total. The summed E-state index contributed by atoms with van der Waals surface area (Å²) in [5.41, 5.74) is 0.702. The number of halogens is 1. The second kappa shape index (κ2) is 6.23. The van der Waals surface area contributed by atoms with Crippen LogP contribution in [0.4, 0.5) is 11.4 Å². The summed E-state index contributed by atoms with van der Waals surface area (Å²) in [6.07, 6.45) is 0.209. The zero-order chi connectivity index (χ0) is 14.9. The molecule has 0 radical (unpaired) electrons. The van der Waals surface area contributed by atoms with Gasteiger partial charge in [-0.3, -0.25) is 10.1 Å². The summed E-state index contributed by atoms with van der Waals surface area (Å²) in [6.45, 7) is 1.21. The van der Waals surface area contributed by atoms with Gasteiger partial charge in [0.15, 0.2) is 0 Å². The highest BCUT2D eigenvalue weighted by Gasteiger charge is 2.34. The van der Waals surface area contributed by atoms with Crippen LogP contribution in [-0.2, 0) is 0 Å². The van der Waals surface area contributed by atoms with Crippen LogP contribution in [0.1, 0.15) is 6.42 Å². The van der Waals surface area contributed by atoms with E-state index in [9.17, 15) is 15.2 Å². The van der Waals surface area contributed by atoms with Crippen molar-refractivity contribution in [3.8, 4) is 0 Å². The molecule has 0 bridgehead atoms. The van der Waals surface area contributed by atoms with Gasteiger partial charge in [0.1, 0.15) is 5.69 Å². The normalized spacial score (nSPS) is 22.6. The molecule has 1 saturated heterocycles. The van der Waals surface area contributed by atoms with Crippen molar-refractivity contribution in [3.05, 3.63) is 31.9 Å². The molecule has 2 atom stereocenters. The topological polar surface area (TPSA) is 69.8 Å². The molecule has 110 valence electrons. The van der Waals surface area contributed by atoms with Crippen LogP contribution in [0.15, 0.2) is 18.2 Å². The predicted molar refractivity (Wildman–Crippen MR) is 86.1 cm³/mol. The Morgan fingerprint density at radius 2 is 2.25 bits per heavy atom. The molecule has 1 aliphatic rings. The molecule has 0 amide bonds. The SMILES string of the molecule is CN(C)CC1CC(O)CN1c1ccc(I)cc1[N+](=O)[O-]. The lowest BCUT2D eigenvalue weighted by Crippen LogP contribution is -2.37. The molecule has 1 aromatic rings. The molecule has 1 aromatic carbocycles. The number of β-amino-alcohol motifs (C(OH)–C–C–N with tert-alkyl or cyclic N) is 1. The number of hydrogen-bond acceptors (Lipinski definition) is 5. The van der Waals surface area contributed by atoms with Gasteiger partial charge >= 0.3 is 0 Å². The van der Waals surface area contributed by atoms with Crippen LogP contribution in [0, 0.1) is 13.7 Å². The summed E-state index contributed by atoms with van der Waals surface area (Å²) in [5.74, 6) is 0. The zero-order valence-electron chi connectivity index (χ0n) is 11.5. The van der Waals surface area contributed by atoms with Crippen LogP contribution in [0.25, 0.3) is 0 Å². The third kappa shape index (κ3) is 3.39. The van der Waals surface area contributed by atoms with E-state index in [4.69, 9.17) is 0 Å². The first-order valence-corrected chi connectivity index (χ1v) is 7.49. The lowest BCUT2D eigenvalue weighted by atomic mass is 10.1. The largest absolute Gasteiger partial charge is 0.391 e. The molecule has 1 heterocycles. The van der Waals surface area contributed by atoms with E-state index in [1.807, 2.05) is 30.0 Å². The molecule has 1 aliphatic heterocycles. The zero-order valence-corrected chi connectivity index (χ0v) is 13.6. The van der Waals surface area contributed by atoms with E-state index >= 15 is 0 Å². The van der Waals surface area contributed by atoms with Crippen molar-refractivity contribution in [1.82, 2.24) is 4.90 Å². The van der Waals surface area contributed by atoms with E-state index in [1.54, 1.807) is 12.1 Å².